The highest BCUT2D eigenvalue weighted by molar-refractivity contribution is 7.06. The monoisotopic (exact) mass is 191 g/mol. The summed E-state index contributed by atoms with van der Waals surface area (Å²) in [6.45, 7) is 0.554. The molecule has 0 bridgehead atoms. The second-order valence-corrected chi connectivity index (χ2v) is 3.51. The van der Waals surface area contributed by atoms with Gasteiger partial charge in [-0.2, -0.15) is 4.37 Å². The summed E-state index contributed by atoms with van der Waals surface area (Å²) in [5.74, 6) is 0. The smallest absolute Gasteiger partial charge is 0.0859 e. The van der Waals surface area contributed by atoms with Crippen molar-refractivity contribution in [3.05, 3.63) is 35.5 Å². The quantitative estimate of drug-likeness (QED) is 0.785. The van der Waals surface area contributed by atoms with E-state index in [1.54, 1.807) is 12.4 Å². The summed E-state index contributed by atoms with van der Waals surface area (Å²) in [5.41, 5.74) is 7.49. The van der Waals surface area contributed by atoms with E-state index in [9.17, 15) is 0 Å². The Morgan fingerprint density at radius 3 is 3.00 bits per heavy atom. The van der Waals surface area contributed by atoms with Crippen LogP contribution in [-0.4, -0.2) is 9.36 Å². The van der Waals surface area contributed by atoms with E-state index in [4.69, 9.17) is 5.73 Å². The first kappa shape index (κ1) is 8.34. The molecule has 0 aromatic carbocycles. The van der Waals surface area contributed by atoms with Crippen molar-refractivity contribution in [1.29, 1.82) is 0 Å². The second-order valence-electron chi connectivity index (χ2n) is 2.62. The number of hydrogen-bond donors (Lipinski definition) is 1. The van der Waals surface area contributed by atoms with Crippen molar-refractivity contribution in [1.82, 2.24) is 9.36 Å². The van der Waals surface area contributed by atoms with Gasteiger partial charge in [0.15, 0.2) is 0 Å². The van der Waals surface area contributed by atoms with Gasteiger partial charge in [-0.25, -0.2) is 0 Å². The Morgan fingerprint density at radius 2 is 2.38 bits per heavy atom. The maximum absolute atomic E-state index is 5.50. The maximum Gasteiger partial charge on any atom is 0.0859 e. The Bertz CT molecular complexity index is 383. The average Bonchev–Trinajstić information content (AvgIpc) is 2.67. The van der Waals surface area contributed by atoms with E-state index >= 15 is 0 Å². The number of pyridine rings is 1. The maximum atomic E-state index is 5.50. The molecule has 0 amide bonds. The number of nitrogens with zero attached hydrogens (tertiary/aromatic N) is 2. The van der Waals surface area contributed by atoms with Gasteiger partial charge >= 0.3 is 0 Å². The van der Waals surface area contributed by atoms with Gasteiger partial charge in [0.05, 0.1) is 5.69 Å². The zero-order chi connectivity index (χ0) is 9.10. The van der Waals surface area contributed by atoms with E-state index in [1.165, 1.54) is 11.5 Å². The fraction of sp³-hybridized carbons (Fsp3) is 0.111. The van der Waals surface area contributed by atoms with Gasteiger partial charge in [0.25, 0.3) is 0 Å². The van der Waals surface area contributed by atoms with Crippen LogP contribution in [0.3, 0.4) is 0 Å². The van der Waals surface area contributed by atoms with Crippen molar-refractivity contribution < 1.29 is 0 Å². The van der Waals surface area contributed by atoms with Gasteiger partial charge in [0, 0.05) is 29.4 Å². The molecule has 2 aromatic heterocycles. The predicted molar refractivity (Wildman–Crippen MR) is 53.2 cm³/mol. The molecule has 2 heterocycles. The fourth-order valence-electron chi connectivity index (χ4n) is 1.06. The van der Waals surface area contributed by atoms with Crippen LogP contribution in [0.1, 0.15) is 4.88 Å². The molecule has 0 aliphatic heterocycles. The van der Waals surface area contributed by atoms with Gasteiger partial charge in [-0.1, -0.05) is 0 Å². The third-order valence-corrected chi connectivity index (χ3v) is 2.52. The van der Waals surface area contributed by atoms with Crippen LogP contribution >= 0.6 is 11.5 Å². The summed E-state index contributed by atoms with van der Waals surface area (Å²) in [7, 11) is 0. The van der Waals surface area contributed by atoms with Gasteiger partial charge < -0.3 is 5.73 Å². The third-order valence-electron chi connectivity index (χ3n) is 1.72. The molecule has 0 radical (unpaired) electrons. The fourth-order valence-corrected chi connectivity index (χ4v) is 1.67. The zero-order valence-electron chi connectivity index (χ0n) is 6.97. The van der Waals surface area contributed by atoms with Crippen LogP contribution in [0.5, 0.6) is 0 Å². The lowest BCUT2D eigenvalue weighted by atomic mass is 10.2. The Kier molecular flexibility index (Phi) is 2.33. The van der Waals surface area contributed by atoms with E-state index in [-0.39, 0.29) is 0 Å². The first-order valence-electron chi connectivity index (χ1n) is 3.96. The zero-order valence-corrected chi connectivity index (χ0v) is 7.79. The van der Waals surface area contributed by atoms with Crippen molar-refractivity contribution in [3.8, 4) is 11.3 Å². The number of nitrogens with two attached hydrogens (primary N) is 1. The molecule has 0 spiro atoms. The summed E-state index contributed by atoms with van der Waals surface area (Å²) >= 11 is 1.44. The average molecular weight is 191 g/mol. The molecule has 3 nitrogen and oxygen atoms in total. The molecule has 0 fully saturated rings. The summed E-state index contributed by atoms with van der Waals surface area (Å²) in [6, 6.07) is 5.89. The standard InChI is InChI=1S/C9H9N3S/c10-5-8-4-9(12-13-8)7-2-1-3-11-6-7/h1-4,6H,5,10H2. The Labute approximate surface area is 80.4 Å². The Balaban J connectivity index is 2.36. The highest BCUT2D eigenvalue weighted by Crippen LogP contribution is 2.20. The Hall–Kier alpha value is -1.26. The van der Waals surface area contributed by atoms with E-state index in [0.717, 1.165) is 16.1 Å². The van der Waals surface area contributed by atoms with Crippen LogP contribution in [0.25, 0.3) is 11.3 Å². The van der Waals surface area contributed by atoms with E-state index in [0.29, 0.717) is 6.54 Å². The van der Waals surface area contributed by atoms with Crippen LogP contribution in [-0.2, 0) is 6.54 Å². The molecule has 0 aliphatic carbocycles. The molecule has 0 atom stereocenters. The van der Waals surface area contributed by atoms with Gasteiger partial charge in [-0.15, -0.1) is 0 Å². The lowest BCUT2D eigenvalue weighted by Crippen LogP contribution is -1.91. The van der Waals surface area contributed by atoms with E-state index < -0.39 is 0 Å². The Morgan fingerprint density at radius 1 is 1.46 bits per heavy atom. The van der Waals surface area contributed by atoms with Crippen LogP contribution in [0.4, 0.5) is 0 Å². The first-order valence-corrected chi connectivity index (χ1v) is 4.73. The molecule has 0 unspecified atom stereocenters. The lowest BCUT2D eigenvalue weighted by molar-refractivity contribution is 1.11. The first-order chi connectivity index (χ1) is 6.40. The lowest BCUT2D eigenvalue weighted by Gasteiger charge is -1.91. The molecule has 2 rings (SSSR count). The highest BCUT2D eigenvalue weighted by atomic mass is 32.1. The summed E-state index contributed by atoms with van der Waals surface area (Å²) in [6.07, 6.45) is 3.55. The van der Waals surface area contributed by atoms with E-state index in [1.807, 2.05) is 18.2 Å². The van der Waals surface area contributed by atoms with Crippen LogP contribution < -0.4 is 5.73 Å². The van der Waals surface area contributed by atoms with E-state index in [2.05, 4.69) is 9.36 Å². The highest BCUT2D eigenvalue weighted by Gasteiger charge is 2.02. The molecular weight excluding hydrogens is 182 g/mol. The van der Waals surface area contributed by atoms with Gasteiger partial charge in [-0.3, -0.25) is 4.98 Å². The van der Waals surface area contributed by atoms with Gasteiger partial charge in [-0.05, 0) is 29.7 Å². The summed E-state index contributed by atoms with van der Waals surface area (Å²) < 4.78 is 4.28. The molecule has 66 valence electrons. The molecular formula is C9H9N3S. The molecule has 4 heteroatoms. The largest absolute Gasteiger partial charge is 0.326 e. The molecule has 0 aliphatic rings. The van der Waals surface area contributed by atoms with Crippen LogP contribution in [0.2, 0.25) is 0 Å². The SMILES string of the molecule is NCc1cc(-c2cccnc2)ns1. The molecule has 13 heavy (non-hydrogen) atoms. The molecule has 0 saturated carbocycles. The topological polar surface area (TPSA) is 51.8 Å². The minimum atomic E-state index is 0.554. The van der Waals surface area contributed by atoms with Gasteiger partial charge in [0.2, 0.25) is 0 Å². The number of hydrogen-bond acceptors (Lipinski definition) is 4. The summed E-state index contributed by atoms with van der Waals surface area (Å²) in [4.78, 5) is 5.13. The minimum Gasteiger partial charge on any atom is -0.326 e. The van der Waals surface area contributed by atoms with Gasteiger partial charge in [0.1, 0.15) is 0 Å². The predicted octanol–water partition coefficient (Wildman–Crippen LogP) is 1.66. The second kappa shape index (κ2) is 3.64. The van der Waals surface area contributed by atoms with Crippen molar-refractivity contribution in [2.45, 2.75) is 6.54 Å². The minimum absolute atomic E-state index is 0.554. The summed E-state index contributed by atoms with van der Waals surface area (Å²) in [5, 5.41) is 0. The van der Waals surface area contributed by atoms with Crippen LogP contribution in [0, 0.1) is 0 Å². The van der Waals surface area contributed by atoms with Crippen molar-refractivity contribution in [2.24, 2.45) is 5.73 Å². The van der Waals surface area contributed by atoms with Crippen molar-refractivity contribution in [2.75, 3.05) is 0 Å². The number of rotatable bonds is 2. The van der Waals surface area contributed by atoms with Crippen LogP contribution in [0.15, 0.2) is 30.6 Å². The number of aromatic nitrogens is 2. The normalized spacial score (nSPS) is 10.2. The van der Waals surface area contributed by atoms with Crippen molar-refractivity contribution >= 4 is 11.5 Å². The molecule has 2 aromatic rings. The van der Waals surface area contributed by atoms with Crippen molar-refractivity contribution in [3.63, 3.8) is 0 Å². The molecule has 0 saturated heterocycles. The molecule has 2 N–H and O–H groups in total. The third kappa shape index (κ3) is 1.74.